The van der Waals surface area contributed by atoms with Crippen LogP contribution in [0.4, 0.5) is 5.69 Å². The van der Waals surface area contributed by atoms with Gasteiger partial charge in [-0.3, -0.25) is 0 Å². The fourth-order valence-corrected chi connectivity index (χ4v) is 3.66. The molecule has 0 atom stereocenters. The number of hydrogen-bond acceptors (Lipinski definition) is 2. The van der Waals surface area contributed by atoms with Crippen molar-refractivity contribution < 1.29 is 0 Å². The number of isothiocyanates is 1. The summed E-state index contributed by atoms with van der Waals surface area (Å²) in [5.41, 5.74) is 2.37. The van der Waals surface area contributed by atoms with Gasteiger partial charge in [0.1, 0.15) is 0 Å². The highest BCUT2D eigenvalue weighted by Gasteiger charge is 2.21. The second-order valence-corrected chi connectivity index (χ2v) is 6.62. The summed E-state index contributed by atoms with van der Waals surface area (Å²) >= 11 is 4.64. The molecule has 0 N–H and O–H groups in total. The number of benzene rings is 1. The molecule has 1 aromatic carbocycles. The molecule has 0 aliphatic heterocycles. The molecule has 118 valence electrons. The van der Waals surface area contributed by atoms with E-state index < -0.39 is 0 Å². The highest BCUT2D eigenvalue weighted by molar-refractivity contribution is 7.78. The number of allylic oxidation sites excluding steroid dienone is 1. The van der Waals surface area contributed by atoms with Gasteiger partial charge < -0.3 is 0 Å². The first-order valence-electron chi connectivity index (χ1n) is 8.62. The number of rotatable bonds is 8. The van der Waals surface area contributed by atoms with Crippen molar-refractivity contribution in [3.05, 3.63) is 42.5 Å². The number of unbranched alkanes of at least 4 members (excludes halogenated alkanes) is 3. The summed E-state index contributed by atoms with van der Waals surface area (Å²) in [4.78, 5) is 4.02. The molecule has 22 heavy (non-hydrogen) atoms. The van der Waals surface area contributed by atoms with E-state index in [0.717, 1.165) is 17.5 Å². The molecular formula is C20H27NS. The van der Waals surface area contributed by atoms with E-state index in [1.165, 1.54) is 63.4 Å². The summed E-state index contributed by atoms with van der Waals surface area (Å²) in [7, 11) is 0. The average molecular weight is 314 g/mol. The topological polar surface area (TPSA) is 12.4 Å². The van der Waals surface area contributed by atoms with Crippen LogP contribution in [0.2, 0.25) is 0 Å². The van der Waals surface area contributed by atoms with E-state index in [1.807, 2.05) is 6.08 Å². The molecule has 2 rings (SSSR count). The minimum atomic E-state index is 0.738. The van der Waals surface area contributed by atoms with Crippen LogP contribution >= 0.6 is 12.2 Å². The predicted molar refractivity (Wildman–Crippen MR) is 99.1 cm³/mol. The molecule has 1 nitrogen and oxygen atoms in total. The Labute approximate surface area is 140 Å². The Morgan fingerprint density at radius 3 is 2.45 bits per heavy atom. The van der Waals surface area contributed by atoms with Crippen LogP contribution in [-0.4, -0.2) is 5.16 Å². The van der Waals surface area contributed by atoms with Gasteiger partial charge in [0.15, 0.2) is 0 Å². The molecule has 1 aliphatic rings. The third kappa shape index (κ3) is 5.51. The third-order valence-electron chi connectivity index (χ3n) is 4.91. The number of thiocarbonyl (C=S) groups is 1. The van der Waals surface area contributed by atoms with E-state index >= 15 is 0 Å². The highest BCUT2D eigenvalue weighted by Crippen LogP contribution is 2.38. The summed E-state index contributed by atoms with van der Waals surface area (Å²) in [5, 5.41) is 2.42. The van der Waals surface area contributed by atoms with Gasteiger partial charge in [0.05, 0.1) is 10.8 Å². The van der Waals surface area contributed by atoms with Crippen molar-refractivity contribution in [2.45, 2.75) is 63.7 Å². The fourth-order valence-electron chi connectivity index (χ4n) is 3.56. The second kappa shape index (κ2) is 9.71. The van der Waals surface area contributed by atoms with Crippen LogP contribution in [0.5, 0.6) is 0 Å². The third-order valence-corrected chi connectivity index (χ3v) is 5.00. The molecule has 0 bridgehead atoms. The predicted octanol–water partition coefficient (Wildman–Crippen LogP) is 6.83. The highest BCUT2D eigenvalue weighted by atomic mass is 32.1. The molecule has 1 aliphatic carbocycles. The number of hydrogen-bond donors (Lipinski definition) is 0. The molecule has 0 saturated heterocycles. The molecule has 1 saturated carbocycles. The van der Waals surface area contributed by atoms with Gasteiger partial charge in [-0.2, -0.15) is 4.99 Å². The van der Waals surface area contributed by atoms with E-state index in [0.29, 0.717) is 0 Å². The molecule has 1 aromatic rings. The lowest BCUT2D eigenvalue weighted by atomic mass is 9.77. The molecular weight excluding hydrogens is 286 g/mol. The summed E-state index contributed by atoms with van der Waals surface area (Å²) < 4.78 is 0. The Kier molecular flexibility index (Phi) is 7.56. The van der Waals surface area contributed by atoms with Crippen LogP contribution < -0.4 is 0 Å². The van der Waals surface area contributed by atoms with Crippen molar-refractivity contribution >= 4 is 23.1 Å². The van der Waals surface area contributed by atoms with Crippen molar-refractivity contribution in [2.75, 3.05) is 0 Å². The Hall–Kier alpha value is -1.24. The average Bonchev–Trinajstić information content (AvgIpc) is 2.56. The normalized spacial score (nSPS) is 21.1. The summed E-state index contributed by atoms with van der Waals surface area (Å²) in [6.07, 6.45) is 14.2. The Balaban J connectivity index is 1.72. The van der Waals surface area contributed by atoms with E-state index in [4.69, 9.17) is 0 Å². The lowest BCUT2D eigenvalue weighted by Crippen LogP contribution is -2.13. The summed E-state index contributed by atoms with van der Waals surface area (Å²) in [6.45, 7) is 3.79. The van der Waals surface area contributed by atoms with E-state index in [1.54, 1.807) is 0 Å². The van der Waals surface area contributed by atoms with Crippen LogP contribution in [0.25, 0.3) is 0 Å². The fraction of sp³-hybridized carbons (Fsp3) is 0.550. The van der Waals surface area contributed by atoms with Gasteiger partial charge >= 0.3 is 0 Å². The molecule has 2 heteroatoms. The molecule has 1 fully saturated rings. The minimum Gasteiger partial charge on any atom is -0.195 e. The first-order chi connectivity index (χ1) is 10.8. The Morgan fingerprint density at radius 2 is 1.82 bits per heavy atom. The minimum absolute atomic E-state index is 0.738. The van der Waals surface area contributed by atoms with Crippen LogP contribution in [-0.2, 0) is 0 Å². The van der Waals surface area contributed by atoms with E-state index in [9.17, 15) is 0 Å². The first-order valence-corrected chi connectivity index (χ1v) is 9.03. The van der Waals surface area contributed by atoms with Gasteiger partial charge in [-0.25, -0.2) is 0 Å². The number of nitrogens with zero attached hydrogens (tertiary/aromatic N) is 1. The maximum absolute atomic E-state index is 4.64. The molecule has 0 radical (unpaired) electrons. The quantitative estimate of drug-likeness (QED) is 0.222. The van der Waals surface area contributed by atoms with E-state index in [-0.39, 0.29) is 0 Å². The largest absolute Gasteiger partial charge is 0.195 e. The van der Waals surface area contributed by atoms with Crippen molar-refractivity contribution in [3.63, 3.8) is 0 Å². The molecule has 0 spiro atoms. The first kappa shape index (κ1) is 17.1. The standard InChI is InChI=1S/C20H27NS/c1-2-3-4-5-6-7-17-8-10-18(11-9-17)19-12-14-20(15-13-19)21-16-22/h2,12-15,17-18H,1,3-11H2. The lowest BCUT2D eigenvalue weighted by Gasteiger charge is -2.29. The van der Waals surface area contributed by atoms with Crippen molar-refractivity contribution in [1.29, 1.82) is 0 Å². The van der Waals surface area contributed by atoms with Crippen LogP contribution in [0.3, 0.4) is 0 Å². The monoisotopic (exact) mass is 313 g/mol. The zero-order chi connectivity index (χ0) is 15.6. The zero-order valence-corrected chi connectivity index (χ0v) is 14.3. The van der Waals surface area contributed by atoms with E-state index in [2.05, 4.69) is 53.2 Å². The van der Waals surface area contributed by atoms with Crippen LogP contribution in [0.15, 0.2) is 41.9 Å². The molecule has 0 unspecified atom stereocenters. The summed E-state index contributed by atoms with van der Waals surface area (Å²) in [5.74, 6) is 1.70. The Bertz CT molecular complexity index is 491. The van der Waals surface area contributed by atoms with Gasteiger partial charge in [-0.15, -0.1) is 6.58 Å². The lowest BCUT2D eigenvalue weighted by molar-refractivity contribution is 0.302. The SMILES string of the molecule is C=CCCCCCC1CCC(c2ccc(N=C=S)cc2)CC1. The maximum atomic E-state index is 4.64. The summed E-state index contributed by atoms with van der Waals surface area (Å²) in [6, 6.07) is 8.54. The number of aliphatic imine (C=N–C) groups is 1. The van der Waals surface area contributed by atoms with Gasteiger partial charge in [0, 0.05) is 0 Å². The van der Waals surface area contributed by atoms with Gasteiger partial charge in [0.2, 0.25) is 0 Å². The van der Waals surface area contributed by atoms with Gasteiger partial charge in [0.25, 0.3) is 0 Å². The van der Waals surface area contributed by atoms with Crippen LogP contribution in [0.1, 0.15) is 69.3 Å². The van der Waals surface area contributed by atoms with Crippen molar-refractivity contribution in [2.24, 2.45) is 10.9 Å². The Morgan fingerprint density at radius 1 is 1.09 bits per heavy atom. The zero-order valence-electron chi connectivity index (χ0n) is 13.5. The van der Waals surface area contributed by atoms with Gasteiger partial charge in [-0.05, 0) is 80.3 Å². The molecule has 0 aromatic heterocycles. The maximum Gasteiger partial charge on any atom is 0.0739 e. The van der Waals surface area contributed by atoms with Crippen molar-refractivity contribution in [1.82, 2.24) is 0 Å². The van der Waals surface area contributed by atoms with Gasteiger partial charge in [-0.1, -0.05) is 37.5 Å². The second-order valence-electron chi connectivity index (χ2n) is 6.44. The molecule has 0 heterocycles. The molecule has 0 amide bonds. The van der Waals surface area contributed by atoms with Crippen molar-refractivity contribution in [3.8, 4) is 0 Å². The smallest absolute Gasteiger partial charge is 0.0739 e. The van der Waals surface area contributed by atoms with Crippen LogP contribution in [0, 0.1) is 5.92 Å².